The van der Waals surface area contributed by atoms with Crippen molar-refractivity contribution in [3.05, 3.63) is 105 Å². The van der Waals surface area contributed by atoms with Crippen molar-refractivity contribution in [3.63, 3.8) is 0 Å². The number of pyridine rings is 1. The van der Waals surface area contributed by atoms with Crippen LogP contribution in [0.2, 0.25) is 10.0 Å². The topological polar surface area (TPSA) is 96.3 Å². The summed E-state index contributed by atoms with van der Waals surface area (Å²) in [6.07, 6.45) is 3.14. The quantitative estimate of drug-likeness (QED) is 0.100. The molecule has 0 bridgehead atoms. The van der Waals surface area contributed by atoms with E-state index in [9.17, 15) is 14.7 Å². The van der Waals surface area contributed by atoms with Gasteiger partial charge in [-0.3, -0.25) is 19.5 Å². The highest BCUT2D eigenvalue weighted by atomic mass is 35.5. The molecule has 2 aromatic carbocycles. The normalized spacial score (nSPS) is 17.1. The number of carbonyl (C=O) groups excluding carboxylic acids is 2. The molecule has 1 unspecified atom stereocenters. The Morgan fingerprint density at radius 1 is 1.00 bits per heavy atom. The minimum atomic E-state index is -0.920. The van der Waals surface area contributed by atoms with Gasteiger partial charge in [0.25, 0.3) is 5.78 Å². The van der Waals surface area contributed by atoms with Crippen LogP contribution in [0.25, 0.3) is 5.76 Å². The summed E-state index contributed by atoms with van der Waals surface area (Å²) in [5, 5.41) is 20.9. The maximum absolute atomic E-state index is 13.2. The molecule has 4 aromatic rings. The molecule has 1 saturated heterocycles. The third-order valence-corrected chi connectivity index (χ3v) is 8.07. The number of carbonyl (C=O) groups is 2. The minimum absolute atomic E-state index is 0.0547. The first-order valence-electron chi connectivity index (χ1n) is 10.6. The number of nitrogens with zero attached hydrogens (tertiary/aromatic N) is 4. The van der Waals surface area contributed by atoms with Gasteiger partial charge in [0, 0.05) is 33.8 Å². The van der Waals surface area contributed by atoms with E-state index in [1.807, 2.05) is 24.3 Å². The van der Waals surface area contributed by atoms with Crippen molar-refractivity contribution < 1.29 is 14.7 Å². The summed E-state index contributed by atoms with van der Waals surface area (Å²) in [6.45, 7) is 0. The highest BCUT2D eigenvalue weighted by Gasteiger charge is 2.48. The number of aliphatic hydroxyl groups excluding tert-OH is 1. The van der Waals surface area contributed by atoms with Crippen LogP contribution in [0.1, 0.15) is 22.7 Å². The summed E-state index contributed by atoms with van der Waals surface area (Å²) in [5.74, 6) is -1.29. The molecule has 2 aromatic heterocycles. The molecule has 5 rings (SSSR count). The van der Waals surface area contributed by atoms with Crippen molar-refractivity contribution in [3.8, 4) is 0 Å². The molecular weight excluding hydrogens is 539 g/mol. The first-order valence-corrected chi connectivity index (χ1v) is 13.2. The molecule has 1 N–H and O–H groups in total. The standard InChI is InChI=1S/C25H16Cl2N4O3S2/c26-17-7-3-14(4-8-17)13-35-25-30-29-24(36-25)31-20(16-2-1-11-28-12-16)19(22(33)23(31)34)21(32)15-5-9-18(27)10-6-15/h1-12,20,32H,13H2/b21-19-. The monoisotopic (exact) mass is 554 g/mol. The van der Waals surface area contributed by atoms with Crippen LogP contribution in [0.4, 0.5) is 5.13 Å². The van der Waals surface area contributed by atoms with E-state index < -0.39 is 17.7 Å². The van der Waals surface area contributed by atoms with Gasteiger partial charge in [0.15, 0.2) is 4.34 Å². The lowest BCUT2D eigenvalue weighted by Gasteiger charge is -2.22. The van der Waals surface area contributed by atoms with E-state index in [4.69, 9.17) is 23.2 Å². The summed E-state index contributed by atoms with van der Waals surface area (Å²) in [7, 11) is 0. The van der Waals surface area contributed by atoms with Gasteiger partial charge >= 0.3 is 5.91 Å². The van der Waals surface area contributed by atoms with Gasteiger partial charge in [-0.25, -0.2) is 0 Å². The van der Waals surface area contributed by atoms with Gasteiger partial charge in [-0.1, -0.05) is 64.5 Å². The number of thioether (sulfide) groups is 1. The molecule has 0 aliphatic carbocycles. The Bertz CT molecular complexity index is 1460. The number of amides is 1. The number of halogens is 2. The van der Waals surface area contributed by atoms with Crippen LogP contribution >= 0.6 is 46.3 Å². The van der Waals surface area contributed by atoms with Crippen LogP contribution in [0.5, 0.6) is 0 Å². The predicted octanol–water partition coefficient (Wildman–Crippen LogP) is 6.16. The van der Waals surface area contributed by atoms with Crippen LogP contribution in [0.3, 0.4) is 0 Å². The summed E-state index contributed by atoms with van der Waals surface area (Å²) < 4.78 is 0.629. The Hall–Kier alpha value is -3.24. The van der Waals surface area contributed by atoms with Gasteiger partial charge in [0.1, 0.15) is 5.76 Å². The number of Topliss-reactive ketones (excluding diaryl/α,β-unsaturated/α-hetero) is 1. The third-order valence-electron chi connectivity index (χ3n) is 5.44. The Morgan fingerprint density at radius 3 is 2.36 bits per heavy atom. The second-order valence-electron chi connectivity index (χ2n) is 7.73. The first-order chi connectivity index (χ1) is 17.4. The largest absolute Gasteiger partial charge is 0.507 e. The molecule has 7 nitrogen and oxygen atoms in total. The molecule has 0 radical (unpaired) electrons. The smallest absolute Gasteiger partial charge is 0.301 e. The van der Waals surface area contributed by atoms with Crippen LogP contribution in [0.15, 0.2) is 83.0 Å². The van der Waals surface area contributed by atoms with E-state index in [2.05, 4.69) is 15.2 Å². The molecular formula is C25H16Cl2N4O3S2. The second kappa shape index (κ2) is 10.4. The summed E-state index contributed by atoms with van der Waals surface area (Å²) in [6, 6.07) is 16.4. The number of anilines is 1. The van der Waals surface area contributed by atoms with E-state index in [0.29, 0.717) is 31.3 Å². The number of benzene rings is 2. The van der Waals surface area contributed by atoms with E-state index in [-0.39, 0.29) is 16.5 Å². The molecule has 11 heteroatoms. The van der Waals surface area contributed by atoms with Crippen molar-refractivity contribution in [2.45, 2.75) is 16.1 Å². The number of hydrogen-bond acceptors (Lipinski definition) is 8. The first kappa shape index (κ1) is 24.5. The number of aliphatic hydroxyl groups is 1. The van der Waals surface area contributed by atoms with E-state index in [1.165, 1.54) is 28.0 Å². The molecule has 3 heterocycles. The summed E-state index contributed by atoms with van der Waals surface area (Å²) >= 11 is 14.6. The third kappa shape index (κ3) is 4.87. The van der Waals surface area contributed by atoms with Gasteiger partial charge in [-0.15, -0.1) is 10.2 Å². The minimum Gasteiger partial charge on any atom is -0.507 e. The average Bonchev–Trinajstić information content (AvgIpc) is 3.46. The number of hydrogen-bond donors (Lipinski definition) is 1. The fourth-order valence-electron chi connectivity index (χ4n) is 3.73. The van der Waals surface area contributed by atoms with Crippen molar-refractivity contribution >= 4 is 68.9 Å². The molecule has 36 heavy (non-hydrogen) atoms. The maximum atomic E-state index is 13.2. The zero-order valence-electron chi connectivity index (χ0n) is 18.3. The highest BCUT2D eigenvalue weighted by molar-refractivity contribution is 8.00. The average molecular weight is 555 g/mol. The Balaban J connectivity index is 1.51. The van der Waals surface area contributed by atoms with Crippen molar-refractivity contribution in [1.82, 2.24) is 15.2 Å². The Kier molecular flexibility index (Phi) is 7.06. The predicted molar refractivity (Wildman–Crippen MR) is 141 cm³/mol. The molecule has 180 valence electrons. The zero-order chi connectivity index (χ0) is 25.2. The van der Waals surface area contributed by atoms with E-state index >= 15 is 0 Å². The van der Waals surface area contributed by atoms with E-state index in [0.717, 1.165) is 5.56 Å². The number of aromatic nitrogens is 3. The SMILES string of the molecule is O=C1C(=O)N(c2nnc(SCc3ccc(Cl)cc3)s2)C(c2cccnc2)/C1=C(/O)c1ccc(Cl)cc1. The molecule has 1 amide bonds. The van der Waals surface area contributed by atoms with Crippen molar-refractivity contribution in [2.24, 2.45) is 0 Å². The fourth-order valence-corrected chi connectivity index (χ4v) is 5.81. The maximum Gasteiger partial charge on any atom is 0.301 e. The zero-order valence-corrected chi connectivity index (χ0v) is 21.5. The molecule has 1 aliphatic heterocycles. The van der Waals surface area contributed by atoms with Crippen molar-refractivity contribution in [2.75, 3.05) is 4.90 Å². The van der Waals surface area contributed by atoms with Gasteiger partial charge in [-0.2, -0.15) is 0 Å². The number of rotatable bonds is 6. The van der Waals surface area contributed by atoms with Crippen LogP contribution in [-0.4, -0.2) is 32.0 Å². The van der Waals surface area contributed by atoms with E-state index in [1.54, 1.807) is 48.8 Å². The number of ketones is 1. The Morgan fingerprint density at radius 2 is 1.69 bits per heavy atom. The van der Waals surface area contributed by atoms with Gasteiger partial charge in [0.05, 0.1) is 11.6 Å². The molecule has 1 fully saturated rings. The van der Waals surface area contributed by atoms with Gasteiger partial charge in [-0.05, 0) is 53.6 Å². The van der Waals surface area contributed by atoms with Crippen LogP contribution < -0.4 is 4.90 Å². The fraction of sp³-hybridized carbons (Fsp3) is 0.0800. The van der Waals surface area contributed by atoms with Crippen molar-refractivity contribution in [1.29, 1.82) is 0 Å². The summed E-state index contributed by atoms with van der Waals surface area (Å²) in [5.41, 5.74) is 1.92. The molecule has 0 spiro atoms. The summed E-state index contributed by atoms with van der Waals surface area (Å²) in [4.78, 5) is 31.8. The lowest BCUT2D eigenvalue weighted by atomic mass is 9.96. The second-order valence-corrected chi connectivity index (χ2v) is 10.8. The molecule has 0 saturated carbocycles. The lowest BCUT2D eigenvalue weighted by molar-refractivity contribution is -0.132. The molecule has 1 atom stereocenters. The highest BCUT2D eigenvalue weighted by Crippen LogP contribution is 2.43. The lowest BCUT2D eigenvalue weighted by Crippen LogP contribution is -2.29. The Labute approximate surface area is 224 Å². The van der Waals surface area contributed by atoms with Gasteiger partial charge in [0.2, 0.25) is 5.13 Å². The van der Waals surface area contributed by atoms with Crippen LogP contribution in [-0.2, 0) is 15.3 Å². The van der Waals surface area contributed by atoms with Crippen LogP contribution in [0, 0.1) is 0 Å². The molecule has 1 aliphatic rings. The van der Waals surface area contributed by atoms with Gasteiger partial charge < -0.3 is 5.11 Å².